The number of carbonyl (C=O) groups excluding carboxylic acids is 1. The summed E-state index contributed by atoms with van der Waals surface area (Å²) in [5.74, 6) is 0.678. The fraction of sp³-hybridized carbons (Fsp3) is 0.800. The summed E-state index contributed by atoms with van der Waals surface area (Å²) in [6, 6.07) is 0. The van der Waals surface area contributed by atoms with Gasteiger partial charge in [0.2, 0.25) is 5.91 Å². The number of rotatable bonds is 5. The van der Waals surface area contributed by atoms with Crippen molar-refractivity contribution in [2.75, 3.05) is 13.1 Å². The molecule has 1 fully saturated rings. The van der Waals surface area contributed by atoms with Gasteiger partial charge in [-0.1, -0.05) is 11.8 Å². The normalized spacial score (nSPS) is 25.1. The quantitative estimate of drug-likeness (QED) is 0.680. The van der Waals surface area contributed by atoms with Crippen molar-refractivity contribution < 1.29 is 4.79 Å². The number of carbonyl (C=O) groups is 1. The molecule has 1 unspecified atom stereocenters. The molecule has 1 saturated carbocycles. The lowest BCUT2D eigenvalue weighted by molar-refractivity contribution is -0.118. The Bertz CT molecular complexity index is 276. The van der Waals surface area contributed by atoms with Gasteiger partial charge in [-0.2, -0.15) is 0 Å². The molecule has 2 rings (SSSR count). The predicted molar refractivity (Wildman–Crippen MR) is 62.8 cm³/mol. The molecule has 1 amide bonds. The molecule has 1 aliphatic carbocycles. The first kappa shape index (κ1) is 10.8. The Morgan fingerprint density at radius 1 is 1.60 bits per heavy atom. The second-order valence-corrected chi connectivity index (χ2v) is 5.36. The van der Waals surface area contributed by atoms with Crippen LogP contribution >= 0.6 is 11.8 Å². The largest absolute Gasteiger partial charge is 0.370 e. The number of aliphatic imine (C=N–C) groups is 1. The first-order chi connectivity index (χ1) is 7.25. The van der Waals surface area contributed by atoms with E-state index >= 15 is 0 Å². The number of hydrogen-bond donors (Lipinski definition) is 2. The van der Waals surface area contributed by atoms with Crippen LogP contribution in [0.3, 0.4) is 0 Å². The molecule has 0 saturated heterocycles. The molecule has 2 aliphatic rings. The Labute approximate surface area is 94.1 Å². The highest BCUT2D eigenvalue weighted by atomic mass is 32.2. The van der Waals surface area contributed by atoms with Gasteiger partial charge in [-0.15, -0.1) is 0 Å². The van der Waals surface area contributed by atoms with Crippen molar-refractivity contribution in [2.24, 2.45) is 16.6 Å². The summed E-state index contributed by atoms with van der Waals surface area (Å²) < 4.78 is 0. The highest BCUT2D eigenvalue weighted by Crippen LogP contribution is 2.41. The van der Waals surface area contributed by atoms with Crippen molar-refractivity contribution in [1.29, 1.82) is 0 Å². The van der Waals surface area contributed by atoms with Crippen LogP contribution in [0.15, 0.2) is 4.99 Å². The molecule has 1 aliphatic heterocycles. The van der Waals surface area contributed by atoms with Gasteiger partial charge in [0, 0.05) is 18.2 Å². The van der Waals surface area contributed by atoms with Gasteiger partial charge in [0.05, 0.1) is 6.54 Å². The molecule has 0 bridgehead atoms. The lowest BCUT2D eigenvalue weighted by Gasteiger charge is -2.06. The van der Waals surface area contributed by atoms with Gasteiger partial charge >= 0.3 is 0 Å². The van der Waals surface area contributed by atoms with E-state index in [4.69, 9.17) is 5.73 Å². The van der Waals surface area contributed by atoms with E-state index in [1.807, 2.05) is 11.8 Å². The van der Waals surface area contributed by atoms with Crippen LogP contribution in [0.25, 0.3) is 0 Å². The average Bonchev–Trinajstić information content (AvgIpc) is 2.94. The van der Waals surface area contributed by atoms with E-state index in [0.29, 0.717) is 11.7 Å². The minimum absolute atomic E-state index is 0.228. The van der Waals surface area contributed by atoms with Crippen molar-refractivity contribution in [3.63, 3.8) is 0 Å². The maximum Gasteiger partial charge on any atom is 0.217 e. The summed E-state index contributed by atoms with van der Waals surface area (Å²) in [6.07, 6.45) is 4.00. The number of hydrogen-bond acceptors (Lipinski definition) is 4. The van der Waals surface area contributed by atoms with Crippen molar-refractivity contribution in [3.8, 4) is 0 Å². The number of amides is 1. The lowest BCUT2D eigenvalue weighted by Crippen LogP contribution is -2.22. The van der Waals surface area contributed by atoms with E-state index in [1.54, 1.807) is 0 Å². The number of nitrogens with zero attached hydrogens (tertiary/aromatic N) is 1. The van der Waals surface area contributed by atoms with Crippen molar-refractivity contribution >= 4 is 22.8 Å². The summed E-state index contributed by atoms with van der Waals surface area (Å²) in [7, 11) is 0. The van der Waals surface area contributed by atoms with Gasteiger partial charge in [0.25, 0.3) is 0 Å². The molecule has 1 heterocycles. The topological polar surface area (TPSA) is 67.5 Å². The van der Waals surface area contributed by atoms with Crippen LogP contribution in [0.1, 0.15) is 25.7 Å². The highest BCUT2D eigenvalue weighted by molar-refractivity contribution is 8.14. The Morgan fingerprint density at radius 3 is 3.07 bits per heavy atom. The zero-order valence-electron chi connectivity index (χ0n) is 8.74. The van der Waals surface area contributed by atoms with Crippen LogP contribution in [0.4, 0.5) is 0 Å². The summed E-state index contributed by atoms with van der Waals surface area (Å²) in [5, 5.41) is 5.02. The lowest BCUT2D eigenvalue weighted by atomic mass is 10.3. The van der Waals surface area contributed by atoms with Crippen LogP contribution in [0.2, 0.25) is 0 Å². The van der Waals surface area contributed by atoms with Crippen LogP contribution in [-0.4, -0.2) is 29.4 Å². The van der Waals surface area contributed by atoms with E-state index in [2.05, 4.69) is 10.3 Å². The average molecular weight is 227 g/mol. The first-order valence-corrected chi connectivity index (χ1v) is 6.37. The minimum Gasteiger partial charge on any atom is -0.370 e. The summed E-state index contributed by atoms with van der Waals surface area (Å²) in [5.41, 5.74) is 5.05. The molecular formula is C10H17N3OS. The minimum atomic E-state index is -0.228. The van der Waals surface area contributed by atoms with Crippen molar-refractivity contribution in [3.05, 3.63) is 0 Å². The fourth-order valence-electron chi connectivity index (χ4n) is 1.66. The van der Waals surface area contributed by atoms with E-state index in [9.17, 15) is 4.79 Å². The smallest absolute Gasteiger partial charge is 0.217 e. The third-order valence-corrected chi connectivity index (χ3v) is 4.04. The SMILES string of the molecule is NC(=O)CCCNC1=NCC(C2CC2)S1. The first-order valence-electron chi connectivity index (χ1n) is 5.49. The molecule has 3 N–H and O–H groups in total. The van der Waals surface area contributed by atoms with Gasteiger partial charge in [0.1, 0.15) is 0 Å². The molecule has 0 aromatic rings. The van der Waals surface area contributed by atoms with Crippen LogP contribution in [0.5, 0.6) is 0 Å². The van der Waals surface area contributed by atoms with E-state index in [1.165, 1.54) is 12.8 Å². The zero-order chi connectivity index (χ0) is 10.7. The second kappa shape index (κ2) is 4.88. The number of amidine groups is 1. The molecule has 15 heavy (non-hydrogen) atoms. The standard InChI is InChI=1S/C10H17N3OS/c11-9(14)2-1-5-12-10-13-6-8(15-10)7-3-4-7/h7-8H,1-6H2,(H2,11,14)(H,12,13). The van der Waals surface area contributed by atoms with Crippen molar-refractivity contribution in [2.45, 2.75) is 30.9 Å². The van der Waals surface area contributed by atoms with Crippen LogP contribution < -0.4 is 11.1 Å². The monoisotopic (exact) mass is 227 g/mol. The Morgan fingerprint density at radius 2 is 2.40 bits per heavy atom. The van der Waals surface area contributed by atoms with Gasteiger partial charge in [0.15, 0.2) is 5.17 Å². The maximum absolute atomic E-state index is 10.5. The van der Waals surface area contributed by atoms with Crippen LogP contribution in [-0.2, 0) is 4.79 Å². The third-order valence-electron chi connectivity index (χ3n) is 2.70. The zero-order valence-corrected chi connectivity index (χ0v) is 9.55. The number of nitrogens with one attached hydrogen (secondary N) is 1. The molecule has 5 heteroatoms. The van der Waals surface area contributed by atoms with Gasteiger partial charge in [-0.25, -0.2) is 0 Å². The number of thioether (sulfide) groups is 1. The van der Waals surface area contributed by atoms with Gasteiger partial charge < -0.3 is 11.1 Å². The molecule has 0 radical (unpaired) electrons. The van der Waals surface area contributed by atoms with Crippen molar-refractivity contribution in [1.82, 2.24) is 5.32 Å². The Balaban J connectivity index is 1.58. The maximum atomic E-state index is 10.5. The molecule has 0 aromatic heterocycles. The van der Waals surface area contributed by atoms with E-state index in [0.717, 1.165) is 30.6 Å². The molecule has 1 atom stereocenters. The Hall–Kier alpha value is -0.710. The third kappa shape index (κ3) is 3.41. The van der Waals surface area contributed by atoms with E-state index < -0.39 is 0 Å². The summed E-state index contributed by atoms with van der Waals surface area (Å²) >= 11 is 1.86. The number of nitrogens with two attached hydrogens (primary N) is 1. The fourth-order valence-corrected chi connectivity index (χ4v) is 2.89. The van der Waals surface area contributed by atoms with Gasteiger partial charge in [-0.05, 0) is 25.2 Å². The molecular weight excluding hydrogens is 210 g/mol. The number of primary amides is 1. The molecule has 84 valence electrons. The summed E-state index contributed by atoms with van der Waals surface area (Å²) in [6.45, 7) is 1.76. The molecule has 0 spiro atoms. The Kier molecular flexibility index (Phi) is 3.51. The van der Waals surface area contributed by atoms with E-state index in [-0.39, 0.29) is 5.91 Å². The highest BCUT2D eigenvalue weighted by Gasteiger charge is 2.35. The summed E-state index contributed by atoms with van der Waals surface area (Å²) in [4.78, 5) is 15.0. The van der Waals surface area contributed by atoms with Gasteiger partial charge in [-0.3, -0.25) is 9.79 Å². The predicted octanol–water partition coefficient (Wildman–Crippen LogP) is 0.723. The van der Waals surface area contributed by atoms with Crippen LogP contribution in [0, 0.1) is 5.92 Å². The molecule has 0 aromatic carbocycles. The molecule has 4 nitrogen and oxygen atoms in total. The second-order valence-electron chi connectivity index (χ2n) is 4.14.